The predicted molar refractivity (Wildman–Crippen MR) is 63.2 cm³/mol. The summed E-state index contributed by atoms with van der Waals surface area (Å²) in [5.41, 5.74) is 1.14. The van der Waals surface area contributed by atoms with E-state index >= 15 is 0 Å². The molecule has 0 aliphatic carbocycles. The van der Waals surface area contributed by atoms with Gasteiger partial charge in [0.15, 0.2) is 0 Å². The molecule has 2 aromatic rings. The van der Waals surface area contributed by atoms with Crippen molar-refractivity contribution in [2.24, 2.45) is 7.05 Å². The lowest BCUT2D eigenvalue weighted by molar-refractivity contribution is 0.669. The van der Waals surface area contributed by atoms with Crippen LogP contribution in [0.25, 0.3) is 0 Å². The zero-order valence-electron chi connectivity index (χ0n) is 9.30. The van der Waals surface area contributed by atoms with Crippen molar-refractivity contribution in [2.75, 3.05) is 11.9 Å². The molecule has 0 amide bonds. The van der Waals surface area contributed by atoms with E-state index in [1.807, 2.05) is 34.6 Å². The van der Waals surface area contributed by atoms with Crippen molar-refractivity contribution in [3.8, 4) is 0 Å². The number of rotatable bonds is 5. The summed E-state index contributed by atoms with van der Waals surface area (Å²) in [4.78, 5) is 4.24. The molecule has 84 valence electrons. The van der Waals surface area contributed by atoms with E-state index in [0.717, 1.165) is 18.2 Å². The molecule has 1 N–H and O–H groups in total. The Morgan fingerprint density at radius 2 is 2.38 bits per heavy atom. The maximum absolute atomic E-state index is 4.24. The molecule has 0 atom stereocenters. The van der Waals surface area contributed by atoms with Gasteiger partial charge in [-0.05, 0) is 6.07 Å². The SMILES string of the molecule is C=CCNc1nccn1Cc1ccnn1C. The van der Waals surface area contributed by atoms with Gasteiger partial charge in [0.1, 0.15) is 0 Å². The summed E-state index contributed by atoms with van der Waals surface area (Å²) in [6, 6.07) is 2.00. The number of aryl methyl sites for hydroxylation is 1. The molecule has 0 aliphatic heterocycles. The van der Waals surface area contributed by atoms with Crippen molar-refractivity contribution in [1.82, 2.24) is 19.3 Å². The Bertz CT molecular complexity index is 468. The average molecular weight is 217 g/mol. The molecule has 0 radical (unpaired) electrons. The highest BCUT2D eigenvalue weighted by Crippen LogP contribution is 2.08. The van der Waals surface area contributed by atoms with Gasteiger partial charge in [0.05, 0.1) is 12.2 Å². The quantitative estimate of drug-likeness (QED) is 0.767. The van der Waals surface area contributed by atoms with Gasteiger partial charge in [-0.3, -0.25) is 4.68 Å². The third-order valence-electron chi connectivity index (χ3n) is 2.37. The summed E-state index contributed by atoms with van der Waals surface area (Å²) in [7, 11) is 1.93. The number of nitrogens with zero attached hydrogens (tertiary/aromatic N) is 4. The number of nitrogens with one attached hydrogen (secondary N) is 1. The van der Waals surface area contributed by atoms with Crippen molar-refractivity contribution < 1.29 is 0 Å². The second kappa shape index (κ2) is 4.65. The van der Waals surface area contributed by atoms with Crippen LogP contribution in [0.5, 0.6) is 0 Å². The number of aromatic nitrogens is 4. The number of imidazole rings is 1. The Morgan fingerprint density at radius 3 is 3.06 bits per heavy atom. The lowest BCUT2D eigenvalue weighted by atomic mass is 10.4. The first kappa shape index (κ1) is 10.5. The Hall–Kier alpha value is -2.04. The van der Waals surface area contributed by atoms with E-state index in [2.05, 4.69) is 22.0 Å². The van der Waals surface area contributed by atoms with Gasteiger partial charge in [0.25, 0.3) is 0 Å². The standard InChI is InChI=1S/C11H15N5/c1-3-5-12-11-13-7-8-16(11)9-10-4-6-14-15(10)2/h3-4,6-8H,1,5,9H2,2H3,(H,12,13). The third kappa shape index (κ3) is 2.13. The monoisotopic (exact) mass is 217 g/mol. The van der Waals surface area contributed by atoms with Crippen LogP contribution in [-0.4, -0.2) is 25.9 Å². The van der Waals surface area contributed by atoms with Crippen LogP contribution < -0.4 is 5.32 Å². The van der Waals surface area contributed by atoms with E-state index in [1.54, 1.807) is 12.4 Å². The lowest BCUT2D eigenvalue weighted by Gasteiger charge is -2.08. The Kier molecular flexibility index (Phi) is 3.05. The molecule has 0 fully saturated rings. The highest BCUT2D eigenvalue weighted by atomic mass is 15.3. The fourth-order valence-corrected chi connectivity index (χ4v) is 1.50. The van der Waals surface area contributed by atoms with Gasteiger partial charge < -0.3 is 9.88 Å². The van der Waals surface area contributed by atoms with Gasteiger partial charge in [-0.2, -0.15) is 5.10 Å². The van der Waals surface area contributed by atoms with Crippen molar-refractivity contribution >= 4 is 5.95 Å². The van der Waals surface area contributed by atoms with E-state index in [9.17, 15) is 0 Å². The van der Waals surface area contributed by atoms with Gasteiger partial charge in [-0.25, -0.2) is 4.98 Å². The summed E-state index contributed by atoms with van der Waals surface area (Å²) < 4.78 is 3.90. The molecule has 0 spiro atoms. The first-order chi connectivity index (χ1) is 7.81. The molecular formula is C11H15N5. The number of hydrogen-bond acceptors (Lipinski definition) is 3. The molecule has 2 aromatic heterocycles. The summed E-state index contributed by atoms with van der Waals surface area (Å²) in [5, 5.41) is 7.31. The third-order valence-corrected chi connectivity index (χ3v) is 2.37. The van der Waals surface area contributed by atoms with Crippen LogP contribution in [0, 0.1) is 0 Å². The first-order valence-corrected chi connectivity index (χ1v) is 5.14. The second-order valence-corrected chi connectivity index (χ2v) is 3.49. The highest BCUT2D eigenvalue weighted by Gasteiger charge is 2.04. The largest absolute Gasteiger partial charge is 0.352 e. The van der Waals surface area contributed by atoms with Gasteiger partial charge in [-0.1, -0.05) is 6.08 Å². The van der Waals surface area contributed by atoms with E-state index in [0.29, 0.717) is 6.54 Å². The van der Waals surface area contributed by atoms with Gasteiger partial charge >= 0.3 is 0 Å². The molecule has 0 saturated carbocycles. The first-order valence-electron chi connectivity index (χ1n) is 5.14. The minimum atomic E-state index is 0.711. The molecule has 0 aliphatic rings. The van der Waals surface area contributed by atoms with Crippen molar-refractivity contribution in [3.63, 3.8) is 0 Å². The highest BCUT2D eigenvalue weighted by molar-refractivity contribution is 5.27. The van der Waals surface area contributed by atoms with Gasteiger partial charge in [0.2, 0.25) is 5.95 Å². The Morgan fingerprint density at radius 1 is 1.50 bits per heavy atom. The van der Waals surface area contributed by atoms with Gasteiger partial charge in [-0.15, -0.1) is 6.58 Å². The summed E-state index contributed by atoms with van der Waals surface area (Å²) in [6.45, 7) is 5.14. The van der Waals surface area contributed by atoms with Crippen LogP contribution in [0.3, 0.4) is 0 Å². The molecule has 0 aromatic carbocycles. The van der Waals surface area contributed by atoms with Crippen molar-refractivity contribution in [3.05, 3.63) is 43.0 Å². The van der Waals surface area contributed by atoms with Crippen LogP contribution in [0.2, 0.25) is 0 Å². The molecule has 2 heterocycles. The van der Waals surface area contributed by atoms with Crippen LogP contribution >= 0.6 is 0 Å². The summed E-state index contributed by atoms with van der Waals surface area (Å²) in [6.07, 6.45) is 7.33. The lowest BCUT2D eigenvalue weighted by Crippen LogP contribution is -2.10. The fourth-order valence-electron chi connectivity index (χ4n) is 1.50. The maximum Gasteiger partial charge on any atom is 0.203 e. The van der Waals surface area contributed by atoms with Crippen LogP contribution in [-0.2, 0) is 13.6 Å². The average Bonchev–Trinajstić information content (AvgIpc) is 2.87. The normalized spacial score (nSPS) is 10.3. The van der Waals surface area contributed by atoms with Crippen LogP contribution in [0.15, 0.2) is 37.3 Å². The number of hydrogen-bond donors (Lipinski definition) is 1. The Balaban J connectivity index is 2.12. The Labute approximate surface area is 94.4 Å². The summed E-state index contributed by atoms with van der Waals surface area (Å²) >= 11 is 0. The fraction of sp³-hybridized carbons (Fsp3) is 0.273. The molecule has 0 bridgehead atoms. The zero-order chi connectivity index (χ0) is 11.4. The number of anilines is 1. The van der Waals surface area contributed by atoms with E-state index in [4.69, 9.17) is 0 Å². The smallest absolute Gasteiger partial charge is 0.203 e. The maximum atomic E-state index is 4.24. The molecule has 2 rings (SSSR count). The molecule has 0 saturated heterocycles. The van der Waals surface area contributed by atoms with Crippen LogP contribution in [0.4, 0.5) is 5.95 Å². The molecular weight excluding hydrogens is 202 g/mol. The predicted octanol–water partition coefficient (Wildman–Crippen LogP) is 1.26. The minimum absolute atomic E-state index is 0.711. The second-order valence-electron chi connectivity index (χ2n) is 3.49. The van der Waals surface area contributed by atoms with Crippen molar-refractivity contribution in [1.29, 1.82) is 0 Å². The zero-order valence-corrected chi connectivity index (χ0v) is 9.30. The molecule has 0 unspecified atom stereocenters. The van der Waals surface area contributed by atoms with E-state index < -0.39 is 0 Å². The molecule has 16 heavy (non-hydrogen) atoms. The van der Waals surface area contributed by atoms with E-state index in [-0.39, 0.29) is 0 Å². The van der Waals surface area contributed by atoms with Crippen molar-refractivity contribution in [2.45, 2.75) is 6.54 Å². The van der Waals surface area contributed by atoms with Crippen LogP contribution in [0.1, 0.15) is 5.69 Å². The topological polar surface area (TPSA) is 47.7 Å². The molecule has 5 nitrogen and oxygen atoms in total. The molecule has 5 heteroatoms. The summed E-state index contributed by atoms with van der Waals surface area (Å²) in [5.74, 6) is 0.848. The van der Waals surface area contributed by atoms with Gasteiger partial charge in [0, 0.05) is 32.2 Å². The minimum Gasteiger partial charge on any atom is -0.352 e. The van der Waals surface area contributed by atoms with E-state index in [1.165, 1.54) is 0 Å².